The standard InChI is InChI=1S/C22H26N2O4/c25-15-7-6-13-23-22(27)24-14-12-18-10-4-5-11-19(18)20(24)21(26)28-16-17-8-2-1-3-9-17/h1-5,8-11,20,25H,6-7,12-16H2,(H,23,27)/t20-/m0/s1. The fraction of sp³-hybridized carbons (Fsp3) is 0.364. The number of aliphatic hydroxyl groups excluding tert-OH is 1. The Kier molecular flexibility index (Phi) is 7.03. The van der Waals surface area contributed by atoms with E-state index in [4.69, 9.17) is 9.84 Å². The summed E-state index contributed by atoms with van der Waals surface area (Å²) in [6, 6.07) is 16.1. The molecule has 6 heteroatoms. The molecule has 0 radical (unpaired) electrons. The Morgan fingerprint density at radius 2 is 1.82 bits per heavy atom. The molecule has 148 valence electrons. The largest absolute Gasteiger partial charge is 0.459 e. The predicted molar refractivity (Wildman–Crippen MR) is 106 cm³/mol. The van der Waals surface area contributed by atoms with Gasteiger partial charge in [0.15, 0.2) is 6.04 Å². The summed E-state index contributed by atoms with van der Waals surface area (Å²) in [6.45, 7) is 1.18. The van der Waals surface area contributed by atoms with Crippen molar-refractivity contribution >= 4 is 12.0 Å². The normalized spacial score (nSPS) is 15.6. The van der Waals surface area contributed by atoms with Crippen LogP contribution >= 0.6 is 0 Å². The van der Waals surface area contributed by atoms with Gasteiger partial charge in [-0.25, -0.2) is 9.59 Å². The number of carbonyl (C=O) groups is 2. The fourth-order valence-electron chi connectivity index (χ4n) is 3.38. The van der Waals surface area contributed by atoms with Gasteiger partial charge in [-0.1, -0.05) is 54.6 Å². The molecule has 2 aromatic rings. The fourth-order valence-corrected chi connectivity index (χ4v) is 3.38. The van der Waals surface area contributed by atoms with Crippen molar-refractivity contribution in [2.24, 2.45) is 0 Å². The number of rotatable bonds is 7. The zero-order chi connectivity index (χ0) is 19.8. The number of unbranched alkanes of at least 4 members (excludes halogenated alkanes) is 1. The smallest absolute Gasteiger partial charge is 0.333 e. The van der Waals surface area contributed by atoms with Crippen LogP contribution in [0.3, 0.4) is 0 Å². The van der Waals surface area contributed by atoms with Gasteiger partial charge in [-0.15, -0.1) is 0 Å². The molecule has 1 aliphatic heterocycles. The average molecular weight is 382 g/mol. The van der Waals surface area contributed by atoms with Crippen LogP contribution in [0, 0.1) is 0 Å². The van der Waals surface area contributed by atoms with Crippen LogP contribution < -0.4 is 5.32 Å². The van der Waals surface area contributed by atoms with Crippen LogP contribution in [0.25, 0.3) is 0 Å². The number of hydrogen-bond donors (Lipinski definition) is 2. The molecule has 28 heavy (non-hydrogen) atoms. The zero-order valence-corrected chi connectivity index (χ0v) is 15.8. The van der Waals surface area contributed by atoms with Crippen LogP contribution in [0.15, 0.2) is 54.6 Å². The van der Waals surface area contributed by atoms with Gasteiger partial charge in [-0.05, 0) is 36.0 Å². The maximum atomic E-state index is 12.9. The lowest BCUT2D eigenvalue weighted by molar-refractivity contribution is -0.151. The zero-order valence-electron chi connectivity index (χ0n) is 15.8. The highest BCUT2D eigenvalue weighted by molar-refractivity contribution is 5.85. The van der Waals surface area contributed by atoms with Crippen molar-refractivity contribution in [2.75, 3.05) is 19.7 Å². The second kappa shape index (κ2) is 9.90. The lowest BCUT2D eigenvalue weighted by atomic mass is 9.93. The molecule has 0 unspecified atom stereocenters. The number of nitrogens with zero attached hydrogens (tertiary/aromatic N) is 1. The molecular weight excluding hydrogens is 356 g/mol. The number of urea groups is 1. The Morgan fingerprint density at radius 3 is 2.61 bits per heavy atom. The van der Waals surface area contributed by atoms with Crippen LogP contribution in [-0.2, 0) is 22.6 Å². The highest BCUT2D eigenvalue weighted by Crippen LogP contribution is 2.31. The molecule has 1 atom stereocenters. The van der Waals surface area contributed by atoms with E-state index in [0.29, 0.717) is 32.4 Å². The van der Waals surface area contributed by atoms with E-state index in [9.17, 15) is 9.59 Å². The van der Waals surface area contributed by atoms with Crippen molar-refractivity contribution in [1.82, 2.24) is 10.2 Å². The molecule has 2 N–H and O–H groups in total. The highest BCUT2D eigenvalue weighted by atomic mass is 16.5. The minimum absolute atomic E-state index is 0.0986. The minimum Gasteiger partial charge on any atom is -0.459 e. The quantitative estimate of drug-likeness (QED) is 0.570. The van der Waals surface area contributed by atoms with E-state index in [-0.39, 0.29) is 19.2 Å². The lowest BCUT2D eigenvalue weighted by Gasteiger charge is -2.35. The van der Waals surface area contributed by atoms with E-state index in [1.807, 2.05) is 54.6 Å². The molecule has 0 aromatic heterocycles. The van der Waals surface area contributed by atoms with Gasteiger partial charge >= 0.3 is 12.0 Å². The van der Waals surface area contributed by atoms with Crippen LogP contribution in [0.5, 0.6) is 0 Å². The van der Waals surface area contributed by atoms with Crippen LogP contribution in [-0.4, -0.2) is 41.7 Å². The van der Waals surface area contributed by atoms with Crippen molar-refractivity contribution in [2.45, 2.75) is 31.9 Å². The molecule has 2 aromatic carbocycles. The molecule has 0 spiro atoms. The SMILES string of the molecule is O=C(OCc1ccccc1)[C@@H]1c2ccccc2CCN1C(=O)NCCCCO. The average Bonchev–Trinajstić information content (AvgIpc) is 2.74. The van der Waals surface area contributed by atoms with Gasteiger partial charge in [-0.3, -0.25) is 0 Å². The molecule has 1 aliphatic rings. The number of hydrogen-bond acceptors (Lipinski definition) is 4. The molecule has 6 nitrogen and oxygen atoms in total. The minimum atomic E-state index is -0.758. The van der Waals surface area contributed by atoms with E-state index >= 15 is 0 Å². The molecule has 1 heterocycles. The van der Waals surface area contributed by atoms with E-state index < -0.39 is 12.0 Å². The van der Waals surface area contributed by atoms with Gasteiger partial charge in [-0.2, -0.15) is 0 Å². The summed E-state index contributed by atoms with van der Waals surface area (Å²) < 4.78 is 5.55. The summed E-state index contributed by atoms with van der Waals surface area (Å²) in [4.78, 5) is 27.2. The second-order valence-corrected chi connectivity index (χ2v) is 6.80. The summed E-state index contributed by atoms with van der Waals surface area (Å²) in [5, 5.41) is 11.7. The predicted octanol–water partition coefficient (Wildman–Crippen LogP) is 2.81. The molecule has 2 amide bonds. The first-order valence-electron chi connectivity index (χ1n) is 9.64. The maximum Gasteiger partial charge on any atom is 0.333 e. The monoisotopic (exact) mass is 382 g/mol. The Balaban J connectivity index is 1.73. The molecule has 0 bridgehead atoms. The maximum absolute atomic E-state index is 12.9. The summed E-state index contributed by atoms with van der Waals surface area (Å²) in [6.07, 6.45) is 2.02. The van der Waals surface area contributed by atoms with Crippen LogP contribution in [0.4, 0.5) is 4.79 Å². The number of esters is 1. The summed E-state index contributed by atoms with van der Waals surface area (Å²) in [5.41, 5.74) is 2.78. The first-order chi connectivity index (χ1) is 13.7. The lowest BCUT2D eigenvalue weighted by Crippen LogP contribution is -2.48. The first kappa shape index (κ1) is 19.9. The number of benzene rings is 2. The van der Waals surface area contributed by atoms with Gasteiger partial charge < -0.3 is 20.1 Å². The molecular formula is C22H26N2O4. The molecule has 0 saturated carbocycles. The van der Waals surface area contributed by atoms with Gasteiger partial charge in [0.25, 0.3) is 0 Å². The van der Waals surface area contributed by atoms with E-state index in [1.165, 1.54) is 0 Å². The number of ether oxygens (including phenoxy) is 1. The summed E-state index contributed by atoms with van der Waals surface area (Å²) in [7, 11) is 0. The van der Waals surface area contributed by atoms with Gasteiger partial charge in [0.05, 0.1) is 0 Å². The van der Waals surface area contributed by atoms with Crippen LogP contribution in [0.1, 0.15) is 35.6 Å². The number of amides is 2. The number of aliphatic hydroxyl groups is 1. The van der Waals surface area contributed by atoms with Gasteiger partial charge in [0.2, 0.25) is 0 Å². The Morgan fingerprint density at radius 1 is 1.07 bits per heavy atom. The third kappa shape index (κ3) is 4.89. The van der Waals surface area contributed by atoms with Crippen molar-refractivity contribution < 1.29 is 19.4 Å². The number of fused-ring (bicyclic) bond motifs is 1. The van der Waals surface area contributed by atoms with Crippen molar-refractivity contribution in [1.29, 1.82) is 0 Å². The van der Waals surface area contributed by atoms with Crippen molar-refractivity contribution in [3.05, 3.63) is 71.3 Å². The molecule has 3 rings (SSSR count). The highest BCUT2D eigenvalue weighted by Gasteiger charge is 2.36. The van der Waals surface area contributed by atoms with E-state index in [0.717, 1.165) is 16.7 Å². The Bertz CT molecular complexity index is 794. The second-order valence-electron chi connectivity index (χ2n) is 6.80. The van der Waals surface area contributed by atoms with Crippen molar-refractivity contribution in [3.8, 4) is 0 Å². The molecule has 0 fully saturated rings. The van der Waals surface area contributed by atoms with E-state index in [2.05, 4.69) is 5.32 Å². The number of nitrogens with one attached hydrogen (secondary N) is 1. The molecule has 0 saturated heterocycles. The first-order valence-corrected chi connectivity index (χ1v) is 9.64. The molecule has 0 aliphatic carbocycles. The van der Waals surface area contributed by atoms with Crippen molar-refractivity contribution in [3.63, 3.8) is 0 Å². The van der Waals surface area contributed by atoms with Gasteiger partial charge in [0.1, 0.15) is 6.61 Å². The Hall–Kier alpha value is -2.86. The number of carbonyl (C=O) groups excluding carboxylic acids is 2. The summed E-state index contributed by atoms with van der Waals surface area (Å²) >= 11 is 0. The summed E-state index contributed by atoms with van der Waals surface area (Å²) in [5.74, 6) is -0.429. The van der Waals surface area contributed by atoms with E-state index in [1.54, 1.807) is 4.90 Å². The third-order valence-electron chi connectivity index (χ3n) is 4.85. The Labute approximate surface area is 165 Å². The third-order valence-corrected chi connectivity index (χ3v) is 4.85. The van der Waals surface area contributed by atoms with Crippen LogP contribution in [0.2, 0.25) is 0 Å². The van der Waals surface area contributed by atoms with Gasteiger partial charge in [0, 0.05) is 19.7 Å². The topological polar surface area (TPSA) is 78.9 Å².